The fraction of sp³-hybridized carbons (Fsp3) is 0.250. The van der Waals surface area contributed by atoms with Gasteiger partial charge in [-0.05, 0) is 24.3 Å². The summed E-state index contributed by atoms with van der Waals surface area (Å²) in [5.41, 5.74) is 6.79. The topological polar surface area (TPSA) is 80.4 Å². The van der Waals surface area contributed by atoms with Crippen LogP contribution in [-0.2, 0) is 17.2 Å². The average Bonchev–Trinajstić information content (AvgIpc) is 2.56. The quantitative estimate of drug-likeness (QED) is 0.389. The van der Waals surface area contributed by atoms with E-state index in [9.17, 15) is 4.21 Å². The highest BCUT2D eigenvalue weighted by atomic mass is 127. The molecule has 0 bridgehead atoms. The summed E-state index contributed by atoms with van der Waals surface area (Å²) in [5, 5.41) is 3.03. The number of hydrogen-bond acceptors (Lipinski definition) is 3. The average molecular weight is 444 g/mol. The van der Waals surface area contributed by atoms with Gasteiger partial charge in [-0.15, -0.1) is 24.0 Å². The van der Waals surface area contributed by atoms with Gasteiger partial charge in [0.2, 0.25) is 0 Å². The fourth-order valence-electron chi connectivity index (χ4n) is 1.86. The molecule has 23 heavy (non-hydrogen) atoms. The standard InChI is InChI=1S/C16H20N4OS.HI/c17-16(19-11-9-14-6-4-5-10-18-14)20-12-13-22(21)15-7-2-1-3-8-15;/h1-8,10H,9,11-13H2,(H3,17,19,20);1H. The van der Waals surface area contributed by atoms with Crippen LogP contribution in [-0.4, -0.2) is 34.0 Å². The van der Waals surface area contributed by atoms with Gasteiger partial charge in [0.25, 0.3) is 0 Å². The molecule has 7 heteroatoms. The van der Waals surface area contributed by atoms with E-state index in [0.717, 1.165) is 17.0 Å². The molecule has 0 saturated heterocycles. The van der Waals surface area contributed by atoms with Crippen molar-refractivity contribution in [1.82, 2.24) is 10.3 Å². The molecule has 2 rings (SSSR count). The van der Waals surface area contributed by atoms with Gasteiger partial charge in [-0.3, -0.25) is 14.2 Å². The number of hydrogen-bond donors (Lipinski definition) is 2. The molecule has 1 heterocycles. The SMILES string of the molecule is I.NC(=NCCS(=O)c1ccccc1)NCCc1ccccn1. The second-order valence-corrected chi connectivity index (χ2v) is 6.20. The van der Waals surface area contributed by atoms with Gasteiger partial charge in [-0.2, -0.15) is 0 Å². The minimum Gasteiger partial charge on any atom is -0.370 e. The summed E-state index contributed by atoms with van der Waals surface area (Å²) in [6.45, 7) is 1.11. The summed E-state index contributed by atoms with van der Waals surface area (Å²) in [6.07, 6.45) is 2.55. The van der Waals surface area contributed by atoms with Gasteiger partial charge in [0.1, 0.15) is 0 Å². The number of aromatic nitrogens is 1. The lowest BCUT2D eigenvalue weighted by Gasteiger charge is -2.05. The molecular formula is C16H21IN4OS. The molecule has 0 aliphatic rings. The Bertz CT molecular complexity index is 622. The van der Waals surface area contributed by atoms with Crippen molar-refractivity contribution in [2.45, 2.75) is 11.3 Å². The predicted molar refractivity (Wildman–Crippen MR) is 106 cm³/mol. The molecular weight excluding hydrogens is 423 g/mol. The first-order valence-electron chi connectivity index (χ1n) is 7.13. The molecule has 0 aliphatic carbocycles. The van der Waals surface area contributed by atoms with Crippen molar-refractivity contribution in [2.75, 3.05) is 18.8 Å². The molecule has 5 nitrogen and oxygen atoms in total. The Kier molecular flexibility index (Phi) is 9.46. The zero-order chi connectivity index (χ0) is 15.6. The normalized spacial score (nSPS) is 12.3. The highest BCUT2D eigenvalue weighted by Crippen LogP contribution is 2.04. The summed E-state index contributed by atoms with van der Waals surface area (Å²) in [6, 6.07) is 15.2. The van der Waals surface area contributed by atoms with E-state index < -0.39 is 10.8 Å². The first-order valence-corrected chi connectivity index (χ1v) is 8.45. The first-order chi connectivity index (χ1) is 10.8. The minimum absolute atomic E-state index is 0. The number of guanidine groups is 1. The summed E-state index contributed by atoms with van der Waals surface area (Å²) in [7, 11) is -1.04. The lowest BCUT2D eigenvalue weighted by atomic mass is 10.3. The summed E-state index contributed by atoms with van der Waals surface area (Å²) in [4.78, 5) is 9.24. The number of nitrogens with one attached hydrogen (secondary N) is 1. The van der Waals surface area contributed by atoms with Crippen molar-refractivity contribution < 1.29 is 4.21 Å². The van der Waals surface area contributed by atoms with E-state index in [-0.39, 0.29) is 24.0 Å². The molecule has 0 amide bonds. The molecule has 1 aromatic carbocycles. The van der Waals surface area contributed by atoms with E-state index in [1.54, 1.807) is 6.20 Å². The van der Waals surface area contributed by atoms with Crippen molar-refractivity contribution in [3.05, 3.63) is 60.4 Å². The number of pyridine rings is 1. The third-order valence-corrected chi connectivity index (χ3v) is 4.33. The van der Waals surface area contributed by atoms with Gasteiger partial charge in [-0.1, -0.05) is 24.3 Å². The van der Waals surface area contributed by atoms with E-state index >= 15 is 0 Å². The van der Waals surface area contributed by atoms with E-state index in [2.05, 4.69) is 15.3 Å². The fourth-order valence-corrected chi connectivity index (χ4v) is 2.81. The van der Waals surface area contributed by atoms with E-state index in [0.29, 0.717) is 24.8 Å². The van der Waals surface area contributed by atoms with Gasteiger partial charge in [0.05, 0.1) is 17.3 Å². The molecule has 2 aromatic rings. The highest BCUT2D eigenvalue weighted by molar-refractivity contribution is 14.0. The van der Waals surface area contributed by atoms with Gasteiger partial charge in [-0.25, -0.2) is 0 Å². The molecule has 124 valence electrons. The van der Waals surface area contributed by atoms with Gasteiger partial charge in [0, 0.05) is 35.5 Å². The third-order valence-electron chi connectivity index (χ3n) is 2.98. The van der Waals surface area contributed by atoms with Crippen molar-refractivity contribution in [1.29, 1.82) is 0 Å². The Morgan fingerprint density at radius 3 is 2.61 bits per heavy atom. The monoisotopic (exact) mass is 444 g/mol. The number of aliphatic imine (C=N–C) groups is 1. The Hall–Kier alpha value is -1.48. The van der Waals surface area contributed by atoms with Crippen molar-refractivity contribution in [3.8, 4) is 0 Å². The van der Waals surface area contributed by atoms with E-state index in [4.69, 9.17) is 5.73 Å². The minimum atomic E-state index is -1.04. The van der Waals surface area contributed by atoms with Crippen molar-refractivity contribution >= 4 is 40.7 Å². The molecule has 0 aliphatic heterocycles. The summed E-state index contributed by atoms with van der Waals surface area (Å²) < 4.78 is 12.0. The third kappa shape index (κ3) is 7.56. The number of nitrogens with zero attached hydrogens (tertiary/aromatic N) is 2. The van der Waals surface area contributed by atoms with Crippen LogP contribution in [0.1, 0.15) is 5.69 Å². The predicted octanol–water partition coefficient (Wildman–Crippen LogP) is 1.95. The van der Waals surface area contributed by atoms with E-state index in [1.807, 2.05) is 48.5 Å². The zero-order valence-corrected chi connectivity index (χ0v) is 15.9. The number of nitrogens with two attached hydrogens (primary N) is 1. The molecule has 3 N–H and O–H groups in total. The number of benzene rings is 1. The Balaban J connectivity index is 0.00000264. The molecule has 1 unspecified atom stereocenters. The van der Waals surface area contributed by atoms with Crippen LogP contribution in [0, 0.1) is 0 Å². The summed E-state index contributed by atoms with van der Waals surface area (Å²) >= 11 is 0. The van der Waals surface area contributed by atoms with Crippen LogP contribution in [0.5, 0.6) is 0 Å². The second kappa shape index (κ2) is 11.1. The van der Waals surface area contributed by atoms with Crippen LogP contribution in [0.25, 0.3) is 0 Å². The zero-order valence-electron chi connectivity index (χ0n) is 12.7. The molecule has 1 atom stereocenters. The maximum atomic E-state index is 12.0. The van der Waals surface area contributed by atoms with Crippen LogP contribution in [0.4, 0.5) is 0 Å². The molecule has 0 spiro atoms. The smallest absolute Gasteiger partial charge is 0.188 e. The maximum absolute atomic E-state index is 12.0. The van der Waals surface area contributed by atoms with Crippen molar-refractivity contribution in [2.24, 2.45) is 10.7 Å². The maximum Gasteiger partial charge on any atom is 0.188 e. The lowest BCUT2D eigenvalue weighted by Crippen LogP contribution is -2.33. The van der Waals surface area contributed by atoms with Gasteiger partial charge < -0.3 is 11.1 Å². The van der Waals surface area contributed by atoms with Crippen LogP contribution in [0.2, 0.25) is 0 Å². The van der Waals surface area contributed by atoms with Gasteiger partial charge >= 0.3 is 0 Å². The largest absolute Gasteiger partial charge is 0.370 e. The Morgan fingerprint density at radius 1 is 1.17 bits per heavy atom. The van der Waals surface area contributed by atoms with Crippen LogP contribution >= 0.6 is 24.0 Å². The van der Waals surface area contributed by atoms with Gasteiger partial charge in [0.15, 0.2) is 5.96 Å². The number of halogens is 1. The molecule has 0 saturated carbocycles. The lowest BCUT2D eigenvalue weighted by molar-refractivity contribution is 0.682. The molecule has 0 radical (unpaired) electrons. The van der Waals surface area contributed by atoms with E-state index in [1.165, 1.54) is 0 Å². The van der Waals surface area contributed by atoms with Crippen molar-refractivity contribution in [3.63, 3.8) is 0 Å². The Morgan fingerprint density at radius 2 is 1.91 bits per heavy atom. The Labute approximate surface area is 156 Å². The highest BCUT2D eigenvalue weighted by Gasteiger charge is 2.02. The number of rotatable bonds is 7. The summed E-state index contributed by atoms with van der Waals surface area (Å²) in [5.74, 6) is 0.841. The van der Waals surface area contributed by atoms with Crippen LogP contribution in [0.15, 0.2) is 64.6 Å². The first kappa shape index (κ1) is 19.6. The van der Waals surface area contributed by atoms with Crippen LogP contribution in [0.3, 0.4) is 0 Å². The second-order valence-electron chi connectivity index (χ2n) is 4.63. The molecule has 1 aromatic heterocycles. The molecule has 0 fully saturated rings. The van der Waals surface area contributed by atoms with Crippen LogP contribution < -0.4 is 11.1 Å².